The van der Waals surface area contributed by atoms with Gasteiger partial charge in [0.2, 0.25) is 0 Å². The van der Waals surface area contributed by atoms with Crippen molar-refractivity contribution in [1.82, 2.24) is 14.6 Å². The molecule has 0 radical (unpaired) electrons. The molecule has 0 aliphatic heterocycles. The van der Waals surface area contributed by atoms with E-state index in [9.17, 15) is 9.90 Å². The Morgan fingerprint density at radius 1 is 1.22 bits per heavy atom. The number of rotatable bonds is 5. The van der Waals surface area contributed by atoms with E-state index in [4.69, 9.17) is 11.6 Å². The molecule has 0 amide bonds. The molecule has 3 aromatic heterocycles. The zero-order valence-electron chi connectivity index (χ0n) is 15.0. The van der Waals surface area contributed by atoms with Crippen LogP contribution in [0.5, 0.6) is 0 Å². The van der Waals surface area contributed by atoms with Crippen LogP contribution < -0.4 is 0 Å². The van der Waals surface area contributed by atoms with E-state index in [1.54, 1.807) is 16.9 Å². The van der Waals surface area contributed by atoms with Crippen molar-refractivity contribution in [2.75, 3.05) is 0 Å². The third kappa shape index (κ3) is 3.89. The lowest BCUT2D eigenvalue weighted by Crippen LogP contribution is -2.27. The van der Waals surface area contributed by atoms with Gasteiger partial charge >= 0.3 is 0 Å². The van der Waals surface area contributed by atoms with E-state index in [1.807, 2.05) is 30.3 Å². The first-order valence-electron chi connectivity index (χ1n) is 9.39. The van der Waals surface area contributed by atoms with Gasteiger partial charge in [0.15, 0.2) is 5.78 Å². The summed E-state index contributed by atoms with van der Waals surface area (Å²) in [4.78, 5) is 17.0. The highest BCUT2D eigenvalue weighted by Gasteiger charge is 2.27. The molecule has 3 aromatic rings. The second-order valence-electron chi connectivity index (χ2n) is 7.28. The standard InChI is InChI=1S/C21H22ClN3O2/c22-21-11-14(7-9-23-21)10-16-12-18(25-17(16)5-3-8-24-25)20(27)13-15-4-1-2-6-19(15)26/h3,5,7-9,11-12,15,19,26H,1-2,4,6,10,13H2/t15-,19+/m1/s1. The average molecular weight is 384 g/mol. The van der Waals surface area contributed by atoms with E-state index in [0.717, 1.165) is 42.3 Å². The van der Waals surface area contributed by atoms with Gasteiger partial charge in [-0.1, -0.05) is 24.4 Å². The van der Waals surface area contributed by atoms with Crippen molar-refractivity contribution in [1.29, 1.82) is 0 Å². The molecule has 2 atom stereocenters. The Morgan fingerprint density at radius 2 is 2.07 bits per heavy atom. The van der Waals surface area contributed by atoms with Crippen LogP contribution in [0.1, 0.15) is 53.7 Å². The van der Waals surface area contributed by atoms with Crippen LogP contribution in [0.4, 0.5) is 0 Å². The van der Waals surface area contributed by atoms with Crippen molar-refractivity contribution in [2.45, 2.75) is 44.6 Å². The molecule has 1 saturated carbocycles. The van der Waals surface area contributed by atoms with Crippen molar-refractivity contribution in [3.8, 4) is 0 Å². The topological polar surface area (TPSA) is 67.5 Å². The van der Waals surface area contributed by atoms with E-state index in [-0.39, 0.29) is 17.8 Å². The summed E-state index contributed by atoms with van der Waals surface area (Å²) in [5.74, 6) is 0.0802. The van der Waals surface area contributed by atoms with Crippen LogP contribution in [-0.2, 0) is 6.42 Å². The van der Waals surface area contributed by atoms with Gasteiger partial charge in [-0.15, -0.1) is 0 Å². The number of ketones is 1. The molecule has 1 aliphatic carbocycles. The minimum atomic E-state index is -0.375. The lowest BCUT2D eigenvalue weighted by molar-refractivity contribution is 0.0580. The molecule has 0 bridgehead atoms. The summed E-state index contributed by atoms with van der Waals surface area (Å²) in [6.45, 7) is 0. The Labute approximate surface area is 163 Å². The molecule has 0 aromatic carbocycles. The molecule has 1 aliphatic rings. The number of fused-ring (bicyclic) bond motifs is 1. The summed E-state index contributed by atoms with van der Waals surface area (Å²) in [6, 6.07) is 9.52. The number of aromatic nitrogens is 3. The quantitative estimate of drug-likeness (QED) is 0.532. The molecule has 0 spiro atoms. The molecular formula is C21H22ClN3O2. The molecule has 3 heterocycles. The van der Waals surface area contributed by atoms with Crippen molar-refractivity contribution < 1.29 is 9.90 Å². The number of nitrogens with zero attached hydrogens (tertiary/aromatic N) is 3. The Balaban J connectivity index is 1.64. The van der Waals surface area contributed by atoms with Crippen LogP contribution in [0.25, 0.3) is 5.52 Å². The summed E-state index contributed by atoms with van der Waals surface area (Å²) in [7, 11) is 0. The van der Waals surface area contributed by atoms with E-state index in [1.165, 1.54) is 0 Å². The normalized spacial score (nSPS) is 20.1. The van der Waals surface area contributed by atoms with Gasteiger partial charge in [-0.2, -0.15) is 5.10 Å². The van der Waals surface area contributed by atoms with Crippen LogP contribution in [-0.4, -0.2) is 31.6 Å². The summed E-state index contributed by atoms with van der Waals surface area (Å²) in [5.41, 5.74) is 3.56. The molecule has 1 N–H and O–H groups in total. The first-order chi connectivity index (χ1) is 13.1. The van der Waals surface area contributed by atoms with Gasteiger partial charge in [-0.05, 0) is 66.6 Å². The number of halogens is 1. The molecular weight excluding hydrogens is 362 g/mol. The van der Waals surface area contributed by atoms with Crippen molar-refractivity contribution in [2.24, 2.45) is 5.92 Å². The summed E-state index contributed by atoms with van der Waals surface area (Å²) < 4.78 is 1.72. The molecule has 0 saturated heterocycles. The maximum absolute atomic E-state index is 13.0. The van der Waals surface area contributed by atoms with Gasteiger partial charge in [-0.3, -0.25) is 4.79 Å². The Hall–Kier alpha value is -2.24. The number of aliphatic hydroxyl groups excluding tert-OH is 1. The largest absolute Gasteiger partial charge is 0.393 e. The molecule has 6 heteroatoms. The fourth-order valence-corrected chi connectivity index (χ4v) is 4.19. The SMILES string of the molecule is O=C(C[C@H]1CCCC[C@@H]1O)c1cc(Cc2ccnc(Cl)c2)c2cccnn12. The number of hydrogen-bond donors (Lipinski definition) is 1. The molecule has 27 heavy (non-hydrogen) atoms. The first kappa shape index (κ1) is 18.1. The van der Waals surface area contributed by atoms with Crippen LogP contribution in [0.15, 0.2) is 42.7 Å². The zero-order valence-corrected chi connectivity index (χ0v) is 15.8. The van der Waals surface area contributed by atoms with E-state index in [0.29, 0.717) is 23.7 Å². The minimum Gasteiger partial charge on any atom is -0.393 e. The summed E-state index contributed by atoms with van der Waals surface area (Å²) in [5, 5.41) is 15.1. The van der Waals surface area contributed by atoms with Gasteiger partial charge in [0, 0.05) is 18.8 Å². The van der Waals surface area contributed by atoms with Crippen molar-refractivity contribution >= 4 is 22.9 Å². The van der Waals surface area contributed by atoms with Gasteiger partial charge < -0.3 is 5.11 Å². The second-order valence-corrected chi connectivity index (χ2v) is 7.67. The highest BCUT2D eigenvalue weighted by molar-refractivity contribution is 6.29. The Kier molecular flexibility index (Phi) is 5.23. The molecule has 1 fully saturated rings. The van der Waals surface area contributed by atoms with Gasteiger partial charge in [0.25, 0.3) is 0 Å². The maximum Gasteiger partial charge on any atom is 0.181 e. The lowest BCUT2D eigenvalue weighted by Gasteiger charge is -2.26. The summed E-state index contributed by atoms with van der Waals surface area (Å²) in [6.07, 6.45) is 7.83. The number of carbonyl (C=O) groups is 1. The van der Waals surface area contributed by atoms with E-state index in [2.05, 4.69) is 10.1 Å². The number of pyridine rings is 1. The van der Waals surface area contributed by atoms with Gasteiger partial charge in [0.1, 0.15) is 10.8 Å². The number of hydrogen-bond acceptors (Lipinski definition) is 4. The number of carbonyl (C=O) groups excluding carboxylic acids is 1. The van der Waals surface area contributed by atoms with Crippen LogP contribution in [0.2, 0.25) is 5.15 Å². The van der Waals surface area contributed by atoms with E-state index < -0.39 is 0 Å². The molecule has 0 unspecified atom stereocenters. The smallest absolute Gasteiger partial charge is 0.181 e. The maximum atomic E-state index is 13.0. The second kappa shape index (κ2) is 7.79. The van der Waals surface area contributed by atoms with Crippen LogP contribution >= 0.6 is 11.6 Å². The van der Waals surface area contributed by atoms with Crippen molar-refractivity contribution in [3.63, 3.8) is 0 Å². The molecule has 140 valence electrons. The fourth-order valence-electron chi connectivity index (χ4n) is 3.99. The first-order valence-corrected chi connectivity index (χ1v) is 9.77. The third-order valence-corrected chi connectivity index (χ3v) is 5.61. The predicted octanol–water partition coefficient (Wildman–Crippen LogP) is 4.10. The molecule has 4 rings (SSSR count). The Morgan fingerprint density at radius 3 is 2.89 bits per heavy atom. The zero-order chi connectivity index (χ0) is 18.8. The monoisotopic (exact) mass is 383 g/mol. The van der Waals surface area contributed by atoms with Crippen LogP contribution in [0.3, 0.4) is 0 Å². The van der Waals surface area contributed by atoms with Gasteiger partial charge in [-0.25, -0.2) is 9.50 Å². The predicted molar refractivity (Wildman–Crippen MR) is 104 cm³/mol. The van der Waals surface area contributed by atoms with Gasteiger partial charge in [0.05, 0.1) is 11.6 Å². The third-order valence-electron chi connectivity index (χ3n) is 5.41. The molecule has 5 nitrogen and oxygen atoms in total. The fraction of sp³-hybridized carbons (Fsp3) is 0.381. The number of Topliss-reactive ketones (excluding diaryl/α,β-unsaturated/α-hetero) is 1. The van der Waals surface area contributed by atoms with Crippen molar-refractivity contribution in [3.05, 3.63) is 64.7 Å². The minimum absolute atomic E-state index is 0.0358. The van der Waals surface area contributed by atoms with Crippen LogP contribution in [0, 0.1) is 5.92 Å². The van der Waals surface area contributed by atoms with E-state index >= 15 is 0 Å². The highest BCUT2D eigenvalue weighted by Crippen LogP contribution is 2.29. The Bertz CT molecular complexity index is 969. The summed E-state index contributed by atoms with van der Waals surface area (Å²) >= 11 is 6.00. The highest BCUT2D eigenvalue weighted by atomic mass is 35.5. The number of aliphatic hydroxyl groups is 1. The average Bonchev–Trinajstić information content (AvgIpc) is 3.02. The lowest BCUT2D eigenvalue weighted by atomic mass is 9.83.